The fourth-order valence-electron chi connectivity index (χ4n) is 1.10. The predicted octanol–water partition coefficient (Wildman–Crippen LogP) is 2.41. The second-order valence-corrected chi connectivity index (χ2v) is 3.67. The molecule has 2 N–H and O–H groups in total. The van der Waals surface area contributed by atoms with Gasteiger partial charge in [-0.1, -0.05) is 18.5 Å². The normalized spacial score (nSPS) is 10.1. The van der Waals surface area contributed by atoms with Gasteiger partial charge >= 0.3 is 0 Å². The van der Waals surface area contributed by atoms with Crippen LogP contribution in [0.5, 0.6) is 5.75 Å². The number of hydrogen-bond donors (Lipinski definition) is 2. The Kier molecular flexibility index (Phi) is 5.08. The van der Waals surface area contributed by atoms with Crippen molar-refractivity contribution in [2.24, 2.45) is 0 Å². The molecule has 88 valence electrons. The van der Waals surface area contributed by atoms with E-state index in [4.69, 9.17) is 21.4 Å². The molecule has 0 aromatic heterocycles. The second-order valence-electron chi connectivity index (χ2n) is 3.26. The summed E-state index contributed by atoms with van der Waals surface area (Å²) in [5, 5.41) is 12.0. The van der Waals surface area contributed by atoms with Gasteiger partial charge in [0.2, 0.25) is 5.91 Å². The second kappa shape index (κ2) is 6.35. The summed E-state index contributed by atoms with van der Waals surface area (Å²) in [4.78, 5) is 11.4. The quantitative estimate of drug-likeness (QED) is 0.617. The van der Waals surface area contributed by atoms with E-state index >= 15 is 0 Å². The molecule has 4 nitrogen and oxygen atoms in total. The number of anilines is 1. The molecule has 0 radical (unpaired) electrons. The number of ether oxygens (including phenoxy) is 1. The molecule has 1 aromatic rings. The van der Waals surface area contributed by atoms with Crippen LogP contribution in [0.3, 0.4) is 0 Å². The number of phenolic OH excluding ortho intramolecular Hbond substituents is 1. The Hall–Kier alpha value is -1.26. The molecule has 0 unspecified atom stereocenters. The molecule has 1 rings (SSSR count). The molecular weight excluding hydrogens is 230 g/mol. The van der Waals surface area contributed by atoms with Crippen molar-refractivity contribution in [2.75, 3.05) is 18.5 Å². The number of carbonyl (C=O) groups excluding carboxylic acids is 1. The van der Waals surface area contributed by atoms with Crippen molar-refractivity contribution in [3.63, 3.8) is 0 Å². The van der Waals surface area contributed by atoms with Crippen molar-refractivity contribution in [3.8, 4) is 5.75 Å². The first-order valence-electron chi connectivity index (χ1n) is 4.99. The first-order chi connectivity index (χ1) is 7.63. The number of aromatic hydroxyl groups is 1. The molecule has 0 fully saturated rings. The number of rotatable bonds is 5. The molecule has 0 spiro atoms. The Morgan fingerprint density at radius 2 is 2.31 bits per heavy atom. The highest BCUT2D eigenvalue weighted by Crippen LogP contribution is 2.25. The van der Waals surface area contributed by atoms with Gasteiger partial charge in [-0.2, -0.15) is 0 Å². The minimum Gasteiger partial charge on any atom is -0.508 e. The zero-order chi connectivity index (χ0) is 12.0. The molecule has 0 aliphatic carbocycles. The SMILES string of the molecule is CCCOCC(=O)Nc1ccc(O)cc1Cl. The van der Waals surface area contributed by atoms with Crippen molar-refractivity contribution in [3.05, 3.63) is 23.2 Å². The lowest BCUT2D eigenvalue weighted by molar-refractivity contribution is -0.120. The molecule has 0 bridgehead atoms. The highest BCUT2D eigenvalue weighted by atomic mass is 35.5. The van der Waals surface area contributed by atoms with Gasteiger partial charge in [0.1, 0.15) is 12.4 Å². The minimum absolute atomic E-state index is 0.00501. The highest BCUT2D eigenvalue weighted by molar-refractivity contribution is 6.33. The first-order valence-corrected chi connectivity index (χ1v) is 5.37. The molecule has 0 atom stereocenters. The molecule has 0 aliphatic heterocycles. The number of phenols is 1. The van der Waals surface area contributed by atoms with E-state index < -0.39 is 0 Å². The molecule has 0 heterocycles. The molecule has 0 saturated carbocycles. The van der Waals surface area contributed by atoms with Crippen LogP contribution < -0.4 is 5.32 Å². The van der Waals surface area contributed by atoms with Gasteiger partial charge in [-0.3, -0.25) is 4.79 Å². The Labute approximate surface area is 99.2 Å². The van der Waals surface area contributed by atoms with E-state index in [1.165, 1.54) is 18.2 Å². The molecule has 0 saturated heterocycles. The van der Waals surface area contributed by atoms with Gasteiger partial charge < -0.3 is 15.2 Å². The fourth-order valence-corrected chi connectivity index (χ4v) is 1.32. The van der Waals surface area contributed by atoms with Gasteiger partial charge in [-0.25, -0.2) is 0 Å². The Bertz CT molecular complexity index is 368. The third kappa shape index (κ3) is 4.08. The first kappa shape index (κ1) is 12.8. The average Bonchev–Trinajstić information content (AvgIpc) is 2.23. The molecule has 1 aromatic carbocycles. The van der Waals surface area contributed by atoms with Crippen molar-refractivity contribution < 1.29 is 14.6 Å². The molecule has 16 heavy (non-hydrogen) atoms. The van der Waals surface area contributed by atoms with E-state index in [2.05, 4.69) is 5.32 Å². The topological polar surface area (TPSA) is 58.6 Å². The zero-order valence-electron chi connectivity index (χ0n) is 9.00. The number of amides is 1. The largest absolute Gasteiger partial charge is 0.508 e. The maximum Gasteiger partial charge on any atom is 0.250 e. The van der Waals surface area contributed by atoms with Crippen molar-refractivity contribution >= 4 is 23.2 Å². The summed E-state index contributed by atoms with van der Waals surface area (Å²) in [6.45, 7) is 2.52. The van der Waals surface area contributed by atoms with Crippen LogP contribution in [0.25, 0.3) is 0 Å². The maximum absolute atomic E-state index is 11.4. The molecule has 1 amide bonds. The summed E-state index contributed by atoms with van der Waals surface area (Å²) < 4.78 is 5.08. The summed E-state index contributed by atoms with van der Waals surface area (Å²) >= 11 is 5.82. The summed E-state index contributed by atoms with van der Waals surface area (Å²) in [5.41, 5.74) is 0.463. The van der Waals surface area contributed by atoms with Crippen LogP contribution in [-0.4, -0.2) is 24.2 Å². The van der Waals surface area contributed by atoms with Gasteiger partial charge in [0.05, 0.1) is 10.7 Å². The van der Waals surface area contributed by atoms with Crippen LogP contribution in [0.1, 0.15) is 13.3 Å². The summed E-state index contributed by atoms with van der Waals surface area (Å²) in [6, 6.07) is 4.36. The Balaban J connectivity index is 2.49. The van der Waals surface area contributed by atoms with Crippen molar-refractivity contribution in [2.45, 2.75) is 13.3 Å². The van der Waals surface area contributed by atoms with Gasteiger partial charge in [0, 0.05) is 12.7 Å². The zero-order valence-corrected chi connectivity index (χ0v) is 9.75. The molecule has 5 heteroatoms. The Morgan fingerprint density at radius 1 is 1.56 bits per heavy atom. The monoisotopic (exact) mass is 243 g/mol. The predicted molar refractivity (Wildman–Crippen MR) is 62.9 cm³/mol. The summed E-state index contributed by atoms with van der Waals surface area (Å²) in [7, 11) is 0. The lowest BCUT2D eigenvalue weighted by Crippen LogP contribution is -2.18. The third-order valence-corrected chi connectivity index (χ3v) is 2.12. The van der Waals surface area contributed by atoms with E-state index in [1.54, 1.807) is 0 Å². The standard InChI is InChI=1S/C11H14ClNO3/c1-2-5-16-7-11(15)13-10-4-3-8(14)6-9(10)12/h3-4,6,14H,2,5,7H2,1H3,(H,13,15). The number of benzene rings is 1. The van der Waals surface area contributed by atoms with E-state index in [0.717, 1.165) is 6.42 Å². The van der Waals surface area contributed by atoms with Crippen LogP contribution in [0.2, 0.25) is 5.02 Å². The number of nitrogens with one attached hydrogen (secondary N) is 1. The smallest absolute Gasteiger partial charge is 0.250 e. The van der Waals surface area contributed by atoms with Crippen LogP contribution in [0.15, 0.2) is 18.2 Å². The van der Waals surface area contributed by atoms with Gasteiger partial charge in [0.25, 0.3) is 0 Å². The minimum atomic E-state index is -0.263. The van der Waals surface area contributed by atoms with E-state index in [0.29, 0.717) is 17.3 Å². The van der Waals surface area contributed by atoms with Gasteiger partial charge in [-0.15, -0.1) is 0 Å². The number of halogens is 1. The molecular formula is C11H14ClNO3. The summed E-state index contributed by atoms with van der Waals surface area (Å²) in [5.74, 6) is -0.203. The third-order valence-electron chi connectivity index (χ3n) is 1.81. The number of carbonyl (C=O) groups is 1. The van der Waals surface area contributed by atoms with Crippen LogP contribution in [-0.2, 0) is 9.53 Å². The van der Waals surface area contributed by atoms with E-state index in [-0.39, 0.29) is 18.3 Å². The lowest BCUT2D eigenvalue weighted by Gasteiger charge is -2.07. The van der Waals surface area contributed by atoms with E-state index in [1.807, 2.05) is 6.92 Å². The van der Waals surface area contributed by atoms with Crippen LogP contribution >= 0.6 is 11.6 Å². The lowest BCUT2D eigenvalue weighted by atomic mass is 10.3. The van der Waals surface area contributed by atoms with Crippen LogP contribution in [0.4, 0.5) is 5.69 Å². The van der Waals surface area contributed by atoms with Crippen molar-refractivity contribution in [1.29, 1.82) is 0 Å². The fraction of sp³-hybridized carbons (Fsp3) is 0.364. The number of hydrogen-bond acceptors (Lipinski definition) is 3. The van der Waals surface area contributed by atoms with Crippen molar-refractivity contribution in [1.82, 2.24) is 0 Å². The average molecular weight is 244 g/mol. The van der Waals surface area contributed by atoms with Gasteiger partial charge in [-0.05, 0) is 18.6 Å². The van der Waals surface area contributed by atoms with Crippen LogP contribution in [0, 0.1) is 0 Å². The molecule has 0 aliphatic rings. The highest BCUT2D eigenvalue weighted by Gasteiger charge is 2.06. The van der Waals surface area contributed by atoms with Gasteiger partial charge in [0.15, 0.2) is 0 Å². The maximum atomic E-state index is 11.4. The van der Waals surface area contributed by atoms with E-state index in [9.17, 15) is 4.79 Å². The Morgan fingerprint density at radius 3 is 2.94 bits per heavy atom. The summed E-state index contributed by atoms with van der Waals surface area (Å²) in [6.07, 6.45) is 0.868.